The number of carbonyl (C=O) groups is 2. The molecular formula is C19H20F17N2O4+. The van der Waals surface area contributed by atoms with E-state index in [1.165, 1.54) is 14.1 Å². The summed E-state index contributed by atoms with van der Waals surface area (Å²) in [6.45, 7) is -0.0547. The van der Waals surface area contributed by atoms with Crippen molar-refractivity contribution < 1.29 is 98.3 Å². The minimum Gasteiger partial charge on any atom is -0.461 e. The molecular weight excluding hydrogens is 643 g/mol. The van der Waals surface area contributed by atoms with Gasteiger partial charge in [-0.3, -0.25) is 0 Å². The van der Waals surface area contributed by atoms with Crippen molar-refractivity contribution in [1.29, 1.82) is 0 Å². The number of quaternary nitrogens is 1. The van der Waals surface area contributed by atoms with Crippen molar-refractivity contribution in [1.82, 2.24) is 5.48 Å². The van der Waals surface area contributed by atoms with Gasteiger partial charge in [0.2, 0.25) is 0 Å². The van der Waals surface area contributed by atoms with Crippen molar-refractivity contribution in [2.45, 2.75) is 54.1 Å². The van der Waals surface area contributed by atoms with Crippen LogP contribution in [0.15, 0.2) is 12.7 Å². The number of rotatable bonds is 16. The third kappa shape index (κ3) is 7.30. The standard InChI is InChI=1S/C19H20F17N2O4/c1-4-10(39)42-37-6-7-38(2,3)9-11(40)41-8-5-12(20,21)13(22,23)14(24,25)15(26,27)16(28,29)17(30,31)18(32,33)19(34,35)36/h4,37H,1,5-9H2,2-3H3/q+1. The van der Waals surface area contributed by atoms with Crippen molar-refractivity contribution in [3.63, 3.8) is 0 Å². The molecule has 0 saturated carbocycles. The number of alkyl halides is 17. The van der Waals surface area contributed by atoms with Gasteiger partial charge >= 0.3 is 59.6 Å². The van der Waals surface area contributed by atoms with Gasteiger partial charge in [0, 0.05) is 6.08 Å². The minimum absolute atomic E-state index is 0.110. The lowest BCUT2D eigenvalue weighted by Gasteiger charge is -2.42. The largest absolute Gasteiger partial charge is 0.461 e. The van der Waals surface area contributed by atoms with E-state index in [1.807, 2.05) is 0 Å². The molecule has 0 aliphatic rings. The Labute approximate surface area is 223 Å². The van der Waals surface area contributed by atoms with Crippen LogP contribution in [-0.2, 0) is 19.2 Å². The van der Waals surface area contributed by atoms with Crippen LogP contribution in [-0.4, -0.2) is 104 Å². The molecule has 0 aromatic heterocycles. The van der Waals surface area contributed by atoms with Gasteiger partial charge in [0.05, 0.1) is 40.2 Å². The fourth-order valence-corrected chi connectivity index (χ4v) is 2.63. The number of ether oxygens (including phenoxy) is 1. The predicted octanol–water partition coefficient (Wildman–Crippen LogP) is 5.24. The quantitative estimate of drug-likeness (QED) is 0.0612. The predicted molar refractivity (Wildman–Crippen MR) is 102 cm³/mol. The number of carbonyl (C=O) groups excluding carboxylic acids is 2. The summed E-state index contributed by atoms with van der Waals surface area (Å²) in [5.41, 5.74) is 2.11. The van der Waals surface area contributed by atoms with E-state index >= 15 is 0 Å². The summed E-state index contributed by atoms with van der Waals surface area (Å²) in [6, 6.07) is 0. The maximum atomic E-state index is 13.8. The van der Waals surface area contributed by atoms with Crippen LogP contribution in [0.1, 0.15) is 6.42 Å². The maximum Gasteiger partial charge on any atom is 0.460 e. The Morgan fingerprint density at radius 1 is 0.714 bits per heavy atom. The van der Waals surface area contributed by atoms with Crippen LogP contribution in [0.25, 0.3) is 0 Å². The fourth-order valence-electron chi connectivity index (χ4n) is 2.63. The van der Waals surface area contributed by atoms with Crippen LogP contribution >= 0.6 is 0 Å². The molecule has 0 spiro atoms. The van der Waals surface area contributed by atoms with Crippen molar-refractivity contribution in [3.05, 3.63) is 12.7 Å². The molecule has 0 aromatic carbocycles. The Hall–Kier alpha value is -2.59. The van der Waals surface area contributed by atoms with Crippen LogP contribution in [0, 0.1) is 0 Å². The SMILES string of the molecule is C=CC(=O)ONCC[N+](C)(C)CC(=O)OCCC(F)(F)C(F)(F)C(F)(F)C(F)(F)C(F)(F)C(F)(F)C(F)(F)C(F)(F)F. The lowest BCUT2D eigenvalue weighted by atomic mass is 9.88. The molecule has 0 saturated heterocycles. The number of nitrogens with zero attached hydrogens (tertiary/aromatic N) is 1. The summed E-state index contributed by atoms with van der Waals surface area (Å²) in [7, 11) is 2.50. The van der Waals surface area contributed by atoms with Crippen molar-refractivity contribution in [2.24, 2.45) is 0 Å². The first-order valence-corrected chi connectivity index (χ1v) is 10.6. The van der Waals surface area contributed by atoms with Gasteiger partial charge in [-0.15, -0.1) is 5.48 Å². The average Bonchev–Trinajstić information content (AvgIpc) is 2.79. The smallest absolute Gasteiger partial charge is 0.460 e. The molecule has 42 heavy (non-hydrogen) atoms. The molecule has 0 radical (unpaired) electrons. The first-order chi connectivity index (χ1) is 18.3. The Kier molecular flexibility index (Phi) is 11.4. The maximum absolute atomic E-state index is 13.8. The van der Waals surface area contributed by atoms with E-state index in [1.54, 1.807) is 0 Å². The number of likely N-dealkylation sites (N-methyl/N-ethyl adjacent to an activating group) is 1. The number of esters is 1. The second-order valence-corrected chi connectivity index (χ2v) is 8.96. The second kappa shape index (κ2) is 12.2. The molecule has 23 heteroatoms. The number of hydroxylamine groups is 1. The zero-order valence-corrected chi connectivity index (χ0v) is 20.8. The molecule has 0 rings (SSSR count). The third-order valence-electron chi connectivity index (χ3n) is 5.18. The molecule has 0 amide bonds. The monoisotopic (exact) mass is 663 g/mol. The van der Waals surface area contributed by atoms with Crippen LogP contribution in [0.5, 0.6) is 0 Å². The van der Waals surface area contributed by atoms with Gasteiger partial charge in [-0.25, -0.2) is 9.59 Å². The van der Waals surface area contributed by atoms with Crippen molar-refractivity contribution in [3.8, 4) is 0 Å². The van der Waals surface area contributed by atoms with Gasteiger partial charge < -0.3 is 14.1 Å². The number of nitrogens with one attached hydrogen (secondary N) is 1. The van der Waals surface area contributed by atoms with Gasteiger partial charge in [-0.1, -0.05) is 6.58 Å². The van der Waals surface area contributed by atoms with Crippen LogP contribution in [0.4, 0.5) is 74.6 Å². The lowest BCUT2D eigenvalue weighted by molar-refractivity contribution is -0.882. The summed E-state index contributed by atoms with van der Waals surface area (Å²) in [4.78, 5) is 27.0. The van der Waals surface area contributed by atoms with E-state index in [-0.39, 0.29) is 13.1 Å². The minimum atomic E-state index is -8.71. The van der Waals surface area contributed by atoms with Crippen LogP contribution < -0.4 is 5.48 Å². The fraction of sp³-hybridized carbons (Fsp3) is 0.789. The highest BCUT2D eigenvalue weighted by Crippen LogP contribution is 2.64. The molecule has 0 heterocycles. The molecule has 0 aliphatic carbocycles. The normalized spacial score (nSPS) is 14.9. The van der Waals surface area contributed by atoms with Crippen molar-refractivity contribution in [2.75, 3.05) is 40.3 Å². The van der Waals surface area contributed by atoms with Gasteiger partial charge in [0.25, 0.3) is 0 Å². The number of hydrogen-bond acceptors (Lipinski definition) is 5. The topological polar surface area (TPSA) is 64.6 Å². The third-order valence-corrected chi connectivity index (χ3v) is 5.18. The highest BCUT2D eigenvalue weighted by atomic mass is 19.4. The summed E-state index contributed by atoms with van der Waals surface area (Å²) >= 11 is 0. The molecule has 0 unspecified atom stereocenters. The van der Waals surface area contributed by atoms with Crippen molar-refractivity contribution >= 4 is 11.9 Å². The molecule has 0 bridgehead atoms. The summed E-state index contributed by atoms with van der Waals surface area (Å²) < 4.78 is 229. The second-order valence-electron chi connectivity index (χ2n) is 8.96. The highest BCUT2D eigenvalue weighted by Gasteiger charge is 2.95. The Morgan fingerprint density at radius 2 is 1.12 bits per heavy atom. The molecule has 0 aliphatic heterocycles. The highest BCUT2D eigenvalue weighted by molar-refractivity contribution is 5.80. The molecule has 248 valence electrons. The van der Waals surface area contributed by atoms with Crippen LogP contribution in [0.2, 0.25) is 0 Å². The molecule has 1 N–H and O–H groups in total. The summed E-state index contributed by atoms with van der Waals surface area (Å²) in [6.07, 6.45) is -9.96. The first kappa shape index (κ1) is 39.4. The van der Waals surface area contributed by atoms with E-state index in [9.17, 15) is 84.2 Å². The van der Waals surface area contributed by atoms with Gasteiger partial charge in [-0.2, -0.15) is 74.6 Å². The number of hydrogen-bond donors (Lipinski definition) is 1. The zero-order chi connectivity index (χ0) is 34.0. The van der Waals surface area contributed by atoms with Gasteiger partial charge in [-0.05, 0) is 0 Å². The van der Waals surface area contributed by atoms with E-state index in [2.05, 4.69) is 21.6 Å². The Bertz CT molecular complexity index is 980. The van der Waals surface area contributed by atoms with E-state index in [0.717, 1.165) is 6.08 Å². The Balaban J connectivity index is 5.73. The molecule has 0 aromatic rings. The van der Waals surface area contributed by atoms with Gasteiger partial charge in [0.15, 0.2) is 6.54 Å². The average molecular weight is 663 g/mol. The lowest BCUT2D eigenvalue weighted by Crippen LogP contribution is -2.74. The number of halogens is 17. The molecule has 0 atom stereocenters. The van der Waals surface area contributed by atoms with Gasteiger partial charge in [0.1, 0.15) is 0 Å². The molecule has 6 nitrogen and oxygen atoms in total. The zero-order valence-electron chi connectivity index (χ0n) is 20.8. The van der Waals surface area contributed by atoms with E-state index in [0.29, 0.717) is 0 Å². The molecule has 0 fully saturated rings. The van der Waals surface area contributed by atoms with E-state index in [4.69, 9.17) is 0 Å². The summed E-state index contributed by atoms with van der Waals surface area (Å²) in [5.74, 6) is -59.6. The first-order valence-electron chi connectivity index (χ1n) is 10.6. The summed E-state index contributed by atoms with van der Waals surface area (Å²) in [5, 5.41) is 0. The van der Waals surface area contributed by atoms with Crippen LogP contribution in [0.3, 0.4) is 0 Å². The Morgan fingerprint density at radius 3 is 1.52 bits per heavy atom. The van der Waals surface area contributed by atoms with E-state index < -0.39 is 83.6 Å².